The lowest BCUT2D eigenvalue weighted by Gasteiger charge is -2.28. The maximum atomic E-state index is 13.6. The van der Waals surface area contributed by atoms with E-state index in [1.807, 2.05) is 37.3 Å². The average molecular weight is 461 g/mol. The number of rotatable bonds is 13. The van der Waals surface area contributed by atoms with Crippen LogP contribution in [0.1, 0.15) is 57.1 Å². The smallest absolute Gasteiger partial charge is 0.220 e. The molecule has 0 saturated heterocycles. The van der Waals surface area contributed by atoms with E-state index in [1.54, 1.807) is 0 Å². The van der Waals surface area contributed by atoms with Crippen molar-refractivity contribution < 1.29 is 23.5 Å². The molecule has 2 amide bonds. The average Bonchev–Trinajstić information content (AvgIpc) is 2.73. The van der Waals surface area contributed by atoms with Gasteiger partial charge < -0.3 is 15.7 Å². The van der Waals surface area contributed by atoms with Crippen molar-refractivity contribution in [3.05, 3.63) is 71.3 Å². The van der Waals surface area contributed by atoms with Gasteiger partial charge in [-0.25, -0.2) is 8.78 Å². The predicted molar refractivity (Wildman–Crippen MR) is 125 cm³/mol. The van der Waals surface area contributed by atoms with Gasteiger partial charge in [0.1, 0.15) is 11.6 Å². The number of hydrogen-bond acceptors (Lipinski definition) is 3. The first-order chi connectivity index (χ1) is 15.8. The third-order valence-electron chi connectivity index (χ3n) is 5.47. The molecule has 0 aliphatic rings. The molecule has 2 aromatic carbocycles. The monoisotopic (exact) mass is 460 g/mol. The standard InChI is InChI=1S/C26H34F2N2O3/c1-3-8-23(30-26(33)12-7-11-19-9-5-4-6-10-19)17-25(32)24(29-18(2)31)15-20-13-21(27)16-22(28)14-20/h4-6,9-10,13-14,16,23-25,32H,3,7-8,11-12,15,17H2,1-2H3,(H,29,31)(H,30,33)/t23?,24-,25-/m0/s1. The Labute approximate surface area is 194 Å². The highest BCUT2D eigenvalue weighted by Crippen LogP contribution is 2.16. The first kappa shape index (κ1) is 26.5. The fraction of sp³-hybridized carbons (Fsp3) is 0.462. The van der Waals surface area contributed by atoms with Crippen LogP contribution >= 0.6 is 0 Å². The summed E-state index contributed by atoms with van der Waals surface area (Å²) in [5.74, 6) is -1.87. The molecule has 0 aromatic heterocycles. The van der Waals surface area contributed by atoms with Gasteiger partial charge in [0.2, 0.25) is 11.8 Å². The van der Waals surface area contributed by atoms with E-state index >= 15 is 0 Å². The highest BCUT2D eigenvalue weighted by Gasteiger charge is 2.25. The molecular weight excluding hydrogens is 426 g/mol. The molecule has 0 radical (unpaired) electrons. The van der Waals surface area contributed by atoms with Crippen molar-refractivity contribution in [2.45, 2.75) is 77.0 Å². The Morgan fingerprint density at radius 1 is 1.00 bits per heavy atom. The predicted octanol–water partition coefficient (Wildman–Crippen LogP) is 4.07. The van der Waals surface area contributed by atoms with Crippen molar-refractivity contribution in [3.63, 3.8) is 0 Å². The summed E-state index contributed by atoms with van der Waals surface area (Å²) in [6, 6.07) is 12.1. The van der Waals surface area contributed by atoms with Crippen molar-refractivity contribution in [1.29, 1.82) is 0 Å². The zero-order chi connectivity index (χ0) is 24.2. The molecule has 180 valence electrons. The minimum atomic E-state index is -0.999. The second-order valence-corrected chi connectivity index (χ2v) is 8.48. The van der Waals surface area contributed by atoms with Crippen molar-refractivity contribution >= 4 is 11.8 Å². The van der Waals surface area contributed by atoms with Crippen LogP contribution in [0.4, 0.5) is 8.78 Å². The second-order valence-electron chi connectivity index (χ2n) is 8.48. The molecule has 5 nitrogen and oxygen atoms in total. The molecule has 7 heteroatoms. The molecular formula is C26H34F2N2O3. The van der Waals surface area contributed by atoms with E-state index in [-0.39, 0.29) is 30.7 Å². The molecule has 0 saturated carbocycles. The number of aliphatic hydroxyl groups is 1. The number of benzene rings is 2. The van der Waals surface area contributed by atoms with Crippen molar-refractivity contribution in [2.75, 3.05) is 0 Å². The summed E-state index contributed by atoms with van der Waals surface area (Å²) >= 11 is 0. The van der Waals surface area contributed by atoms with Crippen molar-refractivity contribution in [1.82, 2.24) is 10.6 Å². The van der Waals surface area contributed by atoms with Crippen LogP contribution in [0.5, 0.6) is 0 Å². The molecule has 0 fully saturated rings. The summed E-state index contributed by atoms with van der Waals surface area (Å²) in [6.07, 6.45) is 2.68. The summed E-state index contributed by atoms with van der Waals surface area (Å²) in [5, 5.41) is 16.5. The van der Waals surface area contributed by atoms with Gasteiger partial charge in [0.25, 0.3) is 0 Å². The Kier molecular flexibility index (Phi) is 11.0. The summed E-state index contributed by atoms with van der Waals surface area (Å²) in [7, 11) is 0. The minimum absolute atomic E-state index is 0.0687. The quantitative estimate of drug-likeness (QED) is 0.422. The van der Waals surface area contributed by atoms with E-state index in [1.165, 1.54) is 24.6 Å². The molecule has 0 aliphatic carbocycles. The highest BCUT2D eigenvalue weighted by molar-refractivity contribution is 5.76. The number of aliphatic hydroxyl groups excluding tert-OH is 1. The Hall–Kier alpha value is -2.80. The lowest BCUT2D eigenvalue weighted by molar-refractivity contribution is -0.123. The molecule has 2 aromatic rings. The number of halogens is 2. The zero-order valence-corrected chi connectivity index (χ0v) is 19.3. The van der Waals surface area contributed by atoms with Crippen LogP contribution < -0.4 is 10.6 Å². The third kappa shape index (κ3) is 10.1. The van der Waals surface area contributed by atoms with E-state index in [4.69, 9.17) is 0 Å². The fourth-order valence-corrected chi connectivity index (χ4v) is 3.98. The van der Waals surface area contributed by atoms with Crippen LogP contribution in [0, 0.1) is 11.6 Å². The molecule has 0 heterocycles. The van der Waals surface area contributed by atoms with Crippen molar-refractivity contribution in [2.24, 2.45) is 0 Å². The number of amides is 2. The van der Waals surface area contributed by atoms with Gasteiger partial charge in [0, 0.05) is 25.5 Å². The van der Waals surface area contributed by atoms with E-state index in [0.29, 0.717) is 18.4 Å². The molecule has 3 atom stereocenters. The van der Waals surface area contributed by atoms with Gasteiger partial charge in [-0.15, -0.1) is 0 Å². The second kappa shape index (κ2) is 13.7. The number of carbonyl (C=O) groups is 2. The SMILES string of the molecule is CCCC(C[C@H](O)[C@H](Cc1cc(F)cc(F)c1)NC(C)=O)NC(=O)CCCc1ccccc1. The van der Waals surface area contributed by atoms with Crippen molar-refractivity contribution in [3.8, 4) is 0 Å². The largest absolute Gasteiger partial charge is 0.391 e. The Morgan fingerprint density at radius 3 is 2.27 bits per heavy atom. The van der Waals surface area contributed by atoms with E-state index < -0.39 is 23.8 Å². The number of carbonyl (C=O) groups excluding carboxylic acids is 2. The summed E-state index contributed by atoms with van der Waals surface area (Å²) < 4.78 is 27.1. The van der Waals surface area contributed by atoms with Gasteiger partial charge in [0.15, 0.2) is 0 Å². The van der Waals surface area contributed by atoms with Gasteiger partial charge in [-0.1, -0.05) is 43.7 Å². The van der Waals surface area contributed by atoms with Crippen LogP contribution in [-0.2, 0) is 22.4 Å². The number of aryl methyl sites for hydroxylation is 1. The molecule has 3 N–H and O–H groups in total. The Balaban J connectivity index is 1.95. The summed E-state index contributed by atoms with van der Waals surface area (Å²) in [6.45, 7) is 3.31. The lowest BCUT2D eigenvalue weighted by Crippen LogP contribution is -2.47. The Bertz CT molecular complexity index is 872. The van der Waals surface area contributed by atoms with E-state index in [9.17, 15) is 23.5 Å². The number of nitrogens with one attached hydrogen (secondary N) is 2. The Morgan fingerprint density at radius 2 is 1.67 bits per heavy atom. The van der Waals surface area contributed by atoms with Crippen LogP contribution in [0.25, 0.3) is 0 Å². The molecule has 0 spiro atoms. The van der Waals surface area contributed by atoms with Gasteiger partial charge in [0.05, 0.1) is 12.1 Å². The fourth-order valence-electron chi connectivity index (χ4n) is 3.98. The van der Waals surface area contributed by atoms with E-state index in [0.717, 1.165) is 25.3 Å². The van der Waals surface area contributed by atoms with Gasteiger partial charge in [-0.3, -0.25) is 9.59 Å². The van der Waals surface area contributed by atoms with E-state index in [2.05, 4.69) is 10.6 Å². The normalized spacial score (nSPS) is 13.7. The maximum Gasteiger partial charge on any atom is 0.220 e. The highest BCUT2D eigenvalue weighted by atomic mass is 19.1. The lowest BCUT2D eigenvalue weighted by atomic mass is 9.94. The van der Waals surface area contributed by atoms with Gasteiger partial charge in [-0.2, -0.15) is 0 Å². The van der Waals surface area contributed by atoms with Crippen LogP contribution in [0.15, 0.2) is 48.5 Å². The molecule has 33 heavy (non-hydrogen) atoms. The van der Waals surface area contributed by atoms with Crippen LogP contribution in [-0.4, -0.2) is 35.1 Å². The van der Waals surface area contributed by atoms with Crippen LogP contribution in [0.3, 0.4) is 0 Å². The first-order valence-corrected chi connectivity index (χ1v) is 11.5. The molecule has 0 aliphatic heterocycles. The third-order valence-corrected chi connectivity index (χ3v) is 5.47. The summed E-state index contributed by atoms with van der Waals surface area (Å²) in [4.78, 5) is 24.1. The van der Waals surface area contributed by atoms with Crippen LogP contribution in [0.2, 0.25) is 0 Å². The molecule has 0 bridgehead atoms. The van der Waals surface area contributed by atoms with Gasteiger partial charge >= 0.3 is 0 Å². The van der Waals surface area contributed by atoms with Gasteiger partial charge in [-0.05, 0) is 55.4 Å². The summed E-state index contributed by atoms with van der Waals surface area (Å²) in [5.41, 5.74) is 1.51. The zero-order valence-electron chi connectivity index (χ0n) is 19.3. The molecule has 1 unspecified atom stereocenters. The minimum Gasteiger partial charge on any atom is -0.391 e. The molecule has 2 rings (SSSR count). The number of hydrogen-bond donors (Lipinski definition) is 3. The maximum absolute atomic E-state index is 13.6. The topological polar surface area (TPSA) is 78.4 Å². The first-order valence-electron chi connectivity index (χ1n) is 11.5.